The van der Waals surface area contributed by atoms with E-state index < -0.39 is 11.7 Å². The number of ether oxygens (including phenoxy) is 2. The summed E-state index contributed by atoms with van der Waals surface area (Å²) < 4.78 is 10.0. The molecule has 0 aliphatic heterocycles. The van der Waals surface area contributed by atoms with Gasteiger partial charge in [-0.25, -0.2) is 4.79 Å². The van der Waals surface area contributed by atoms with E-state index in [4.69, 9.17) is 9.47 Å². The van der Waals surface area contributed by atoms with Crippen molar-refractivity contribution in [3.63, 3.8) is 0 Å². The number of phenolic OH excluding ortho intramolecular Hbond substituents is 1. The first-order valence-corrected chi connectivity index (χ1v) is 6.76. The number of benzene rings is 1. The molecule has 0 heterocycles. The third kappa shape index (κ3) is 5.47. The van der Waals surface area contributed by atoms with Gasteiger partial charge in [-0.3, -0.25) is 4.79 Å². The van der Waals surface area contributed by atoms with Crippen molar-refractivity contribution in [2.45, 2.75) is 26.4 Å². The number of aromatic hydroxyl groups is 1. The molecular weight excluding hydrogens is 286 g/mol. The molecule has 1 aromatic carbocycles. The molecule has 2 N–H and O–H groups in total. The molecule has 120 valence electrons. The van der Waals surface area contributed by atoms with Crippen LogP contribution in [0.25, 0.3) is 6.08 Å². The molecule has 0 radical (unpaired) electrons. The maximum Gasteiger partial charge on any atom is 0.407 e. The Labute approximate surface area is 129 Å². The molecule has 0 saturated heterocycles. The summed E-state index contributed by atoms with van der Waals surface area (Å²) in [4.78, 5) is 22.5. The Morgan fingerprint density at radius 1 is 1.32 bits per heavy atom. The van der Waals surface area contributed by atoms with Crippen LogP contribution in [0.2, 0.25) is 0 Å². The van der Waals surface area contributed by atoms with Gasteiger partial charge in [0.2, 0.25) is 0 Å². The van der Waals surface area contributed by atoms with Crippen molar-refractivity contribution in [2.24, 2.45) is 0 Å². The van der Waals surface area contributed by atoms with Crippen molar-refractivity contribution in [1.82, 2.24) is 5.32 Å². The molecule has 0 fully saturated rings. The lowest BCUT2D eigenvalue weighted by molar-refractivity contribution is 0.0534. The number of rotatable bonds is 5. The number of phenols is 1. The largest absolute Gasteiger partial charge is 0.504 e. The maximum atomic E-state index is 11.5. The third-order valence-corrected chi connectivity index (χ3v) is 2.57. The van der Waals surface area contributed by atoms with Crippen LogP contribution >= 0.6 is 0 Å². The highest BCUT2D eigenvalue weighted by atomic mass is 16.6. The first-order valence-electron chi connectivity index (χ1n) is 6.76. The average Bonchev–Trinajstić information content (AvgIpc) is 2.42. The number of aldehydes is 1. The molecular formula is C16H21NO5. The summed E-state index contributed by atoms with van der Waals surface area (Å²) in [6.45, 7) is 5.57. The van der Waals surface area contributed by atoms with Crippen LogP contribution in [0.15, 0.2) is 18.2 Å². The summed E-state index contributed by atoms with van der Waals surface area (Å²) >= 11 is 0. The van der Waals surface area contributed by atoms with Crippen molar-refractivity contribution in [3.05, 3.63) is 29.3 Å². The summed E-state index contributed by atoms with van der Waals surface area (Å²) in [5.41, 5.74) is 0.350. The molecule has 0 unspecified atom stereocenters. The zero-order chi connectivity index (χ0) is 16.8. The molecule has 6 nitrogen and oxygen atoms in total. The van der Waals surface area contributed by atoms with Gasteiger partial charge in [0.1, 0.15) is 5.60 Å². The second kappa shape index (κ2) is 7.49. The SMILES string of the molecule is COc1cc(C=O)c(C=CCNC(=O)OC(C)(C)C)cc1O. The number of alkyl carbamates (subject to hydrolysis) is 1. The van der Waals surface area contributed by atoms with Gasteiger partial charge >= 0.3 is 6.09 Å². The number of carbonyl (C=O) groups excluding carboxylic acids is 2. The van der Waals surface area contributed by atoms with Crippen LogP contribution in [0.1, 0.15) is 36.7 Å². The molecule has 1 amide bonds. The highest BCUT2D eigenvalue weighted by Crippen LogP contribution is 2.29. The van der Waals surface area contributed by atoms with Crippen molar-refractivity contribution < 1.29 is 24.2 Å². The molecule has 0 atom stereocenters. The van der Waals surface area contributed by atoms with E-state index in [0.29, 0.717) is 17.4 Å². The van der Waals surface area contributed by atoms with E-state index in [2.05, 4.69) is 5.32 Å². The predicted octanol–water partition coefficient (Wildman–Crippen LogP) is 2.75. The van der Waals surface area contributed by atoms with Crippen molar-refractivity contribution >= 4 is 18.5 Å². The number of carbonyl (C=O) groups is 2. The van der Waals surface area contributed by atoms with E-state index in [9.17, 15) is 14.7 Å². The Morgan fingerprint density at radius 2 is 2.00 bits per heavy atom. The topological polar surface area (TPSA) is 84.9 Å². The Balaban J connectivity index is 2.69. The second-order valence-corrected chi connectivity index (χ2v) is 5.56. The molecule has 0 aliphatic carbocycles. The van der Waals surface area contributed by atoms with Gasteiger partial charge in [0.05, 0.1) is 7.11 Å². The van der Waals surface area contributed by atoms with Gasteiger partial charge in [0, 0.05) is 12.1 Å². The lowest BCUT2D eigenvalue weighted by atomic mass is 10.1. The maximum absolute atomic E-state index is 11.5. The number of hydrogen-bond acceptors (Lipinski definition) is 5. The number of amides is 1. The fraction of sp³-hybridized carbons (Fsp3) is 0.375. The van der Waals surface area contributed by atoms with E-state index in [1.165, 1.54) is 19.2 Å². The van der Waals surface area contributed by atoms with Gasteiger partial charge in [0.15, 0.2) is 17.8 Å². The number of hydrogen-bond donors (Lipinski definition) is 2. The smallest absolute Gasteiger partial charge is 0.407 e. The van der Waals surface area contributed by atoms with Gasteiger partial charge < -0.3 is 19.9 Å². The normalized spacial score (nSPS) is 11.3. The van der Waals surface area contributed by atoms with Gasteiger partial charge in [-0.15, -0.1) is 0 Å². The molecule has 1 aromatic rings. The summed E-state index contributed by atoms with van der Waals surface area (Å²) in [5.74, 6) is 0.166. The predicted molar refractivity (Wildman–Crippen MR) is 83.3 cm³/mol. The van der Waals surface area contributed by atoms with Crippen LogP contribution in [0, 0.1) is 0 Å². The fourth-order valence-corrected chi connectivity index (χ4v) is 1.65. The average molecular weight is 307 g/mol. The van der Waals surface area contributed by atoms with Crippen LogP contribution in [0.5, 0.6) is 11.5 Å². The minimum Gasteiger partial charge on any atom is -0.504 e. The first kappa shape index (κ1) is 17.6. The lowest BCUT2D eigenvalue weighted by Crippen LogP contribution is -2.32. The highest BCUT2D eigenvalue weighted by molar-refractivity contribution is 5.83. The van der Waals surface area contributed by atoms with Gasteiger partial charge in [-0.1, -0.05) is 12.2 Å². The minimum atomic E-state index is -0.555. The van der Waals surface area contributed by atoms with Crippen LogP contribution < -0.4 is 10.1 Å². The van der Waals surface area contributed by atoms with Crippen molar-refractivity contribution in [2.75, 3.05) is 13.7 Å². The molecule has 6 heteroatoms. The first-order chi connectivity index (χ1) is 10.3. The second-order valence-electron chi connectivity index (χ2n) is 5.56. The zero-order valence-electron chi connectivity index (χ0n) is 13.2. The summed E-state index contributed by atoms with van der Waals surface area (Å²) in [6.07, 6.45) is 3.42. The summed E-state index contributed by atoms with van der Waals surface area (Å²) in [7, 11) is 1.41. The van der Waals surface area contributed by atoms with E-state index in [-0.39, 0.29) is 18.0 Å². The van der Waals surface area contributed by atoms with Crippen LogP contribution in [0.4, 0.5) is 4.79 Å². The number of methoxy groups -OCH3 is 1. The molecule has 0 saturated carbocycles. The molecule has 0 aromatic heterocycles. The standard InChI is InChI=1S/C16H21NO5/c1-16(2,3)22-15(20)17-7-5-6-11-8-13(19)14(21-4)9-12(11)10-18/h5-6,8-10,19H,7H2,1-4H3,(H,17,20). The van der Waals surface area contributed by atoms with E-state index >= 15 is 0 Å². The number of nitrogens with one attached hydrogen (secondary N) is 1. The quantitative estimate of drug-likeness (QED) is 0.817. The zero-order valence-corrected chi connectivity index (χ0v) is 13.2. The lowest BCUT2D eigenvalue weighted by Gasteiger charge is -2.19. The summed E-state index contributed by atoms with van der Waals surface area (Å²) in [6, 6.07) is 2.87. The van der Waals surface area contributed by atoms with E-state index in [1.807, 2.05) is 0 Å². The fourth-order valence-electron chi connectivity index (χ4n) is 1.65. The van der Waals surface area contributed by atoms with Gasteiger partial charge in [0.25, 0.3) is 0 Å². The van der Waals surface area contributed by atoms with Gasteiger partial charge in [-0.2, -0.15) is 0 Å². The Morgan fingerprint density at radius 3 is 2.55 bits per heavy atom. The van der Waals surface area contributed by atoms with Crippen molar-refractivity contribution in [3.8, 4) is 11.5 Å². The third-order valence-electron chi connectivity index (χ3n) is 2.57. The molecule has 22 heavy (non-hydrogen) atoms. The van der Waals surface area contributed by atoms with Crippen molar-refractivity contribution in [1.29, 1.82) is 0 Å². The highest BCUT2D eigenvalue weighted by Gasteiger charge is 2.15. The minimum absolute atomic E-state index is 0.0622. The molecule has 0 spiro atoms. The molecule has 0 aliphatic rings. The van der Waals surface area contributed by atoms with E-state index in [1.54, 1.807) is 32.9 Å². The van der Waals surface area contributed by atoms with Crippen LogP contribution in [0.3, 0.4) is 0 Å². The van der Waals surface area contributed by atoms with E-state index in [0.717, 1.165) is 0 Å². The monoisotopic (exact) mass is 307 g/mol. The Bertz CT molecular complexity index is 573. The van der Waals surface area contributed by atoms with Crippen LogP contribution in [-0.2, 0) is 4.74 Å². The summed E-state index contributed by atoms with van der Waals surface area (Å²) in [5, 5.41) is 12.3. The van der Waals surface area contributed by atoms with Gasteiger partial charge in [-0.05, 0) is 38.5 Å². The van der Waals surface area contributed by atoms with Crippen LogP contribution in [-0.4, -0.2) is 36.7 Å². The molecule has 1 rings (SSSR count). The Hall–Kier alpha value is -2.50. The Kier molecular flexibility index (Phi) is 5.98. The molecule has 0 bridgehead atoms.